The molecule has 39 heavy (non-hydrogen) atoms. The molecule has 1 aliphatic heterocycles. The number of halogens is 5. The van der Waals surface area contributed by atoms with Crippen LogP contribution < -0.4 is 11.1 Å². The van der Waals surface area contributed by atoms with Crippen LogP contribution in [0.25, 0.3) is 10.9 Å². The zero-order chi connectivity index (χ0) is 27.9. The quantitative estimate of drug-likeness (QED) is 0.200. The first-order valence-corrected chi connectivity index (χ1v) is 13.7. The van der Waals surface area contributed by atoms with Crippen molar-refractivity contribution in [2.75, 3.05) is 24.2 Å². The first kappa shape index (κ1) is 30.6. The predicted octanol–water partition coefficient (Wildman–Crippen LogP) is 5.92. The van der Waals surface area contributed by atoms with Crippen molar-refractivity contribution in [1.82, 2.24) is 19.7 Å². The zero-order valence-corrected chi connectivity index (χ0v) is 22.6. The summed E-state index contributed by atoms with van der Waals surface area (Å²) in [5.74, 6) is -1.85. The maximum absolute atomic E-state index is 13.1. The first-order chi connectivity index (χ1) is 17.6. The molecule has 4 rings (SSSR count). The molecule has 2 aromatic heterocycles. The molecule has 0 saturated carbocycles. The van der Waals surface area contributed by atoms with E-state index in [0.29, 0.717) is 23.9 Å². The van der Waals surface area contributed by atoms with Gasteiger partial charge in [0.25, 0.3) is 0 Å². The van der Waals surface area contributed by atoms with Crippen LogP contribution in [0.1, 0.15) is 50.9 Å². The van der Waals surface area contributed by atoms with Gasteiger partial charge in [0.2, 0.25) is 0 Å². The Hall–Kier alpha value is -2.94. The Balaban J connectivity index is 0.00000420. The molecular formula is C23H27CuF5N6O3S. The van der Waals surface area contributed by atoms with Crippen LogP contribution in [0.2, 0.25) is 0 Å². The van der Waals surface area contributed by atoms with E-state index in [9.17, 15) is 29.0 Å². The van der Waals surface area contributed by atoms with Crippen LogP contribution in [-0.2, 0) is 31.4 Å². The van der Waals surface area contributed by atoms with E-state index in [1.807, 2.05) is 0 Å². The third kappa shape index (κ3) is 6.45. The van der Waals surface area contributed by atoms with Gasteiger partial charge in [-0.2, -0.15) is 5.10 Å². The maximum Gasteiger partial charge on any atom is 0.314 e. The number of aromatic nitrogens is 3. The molecule has 3 N–H and O–H groups in total. The number of carbonyl (C=O) groups is 2. The van der Waals surface area contributed by atoms with Gasteiger partial charge in [-0.3, -0.25) is 9.59 Å². The SMILES string of the molecule is CCN(C(=O)C(=O)Nc1cnc(N)c2cnn(C3CCCCO3)c12)C(C)c1ccc(S(F)(F)(F)(F)F)cc1.[Cu]. The summed E-state index contributed by atoms with van der Waals surface area (Å²) in [6.07, 6.45) is 4.90. The van der Waals surface area contributed by atoms with E-state index in [2.05, 4.69) is 15.4 Å². The van der Waals surface area contributed by atoms with Gasteiger partial charge in [-0.05, 0) is 50.8 Å². The molecule has 219 valence electrons. The van der Waals surface area contributed by atoms with Gasteiger partial charge in [-0.15, -0.1) is 0 Å². The number of nitrogens with two attached hydrogens (primary N) is 1. The van der Waals surface area contributed by atoms with Gasteiger partial charge in [-0.25, -0.2) is 9.67 Å². The fourth-order valence-corrected chi connectivity index (χ4v) is 5.04. The molecular weight excluding hydrogens is 599 g/mol. The molecule has 3 heterocycles. The molecule has 0 aliphatic carbocycles. The number of ether oxygens (including phenoxy) is 1. The molecule has 16 heteroatoms. The minimum atomic E-state index is -9.84. The Morgan fingerprint density at radius 1 is 1.18 bits per heavy atom. The maximum atomic E-state index is 13.1. The van der Waals surface area contributed by atoms with Gasteiger partial charge >= 0.3 is 22.0 Å². The second-order valence-corrected chi connectivity index (χ2v) is 11.4. The summed E-state index contributed by atoms with van der Waals surface area (Å²) in [4.78, 5) is 29.2. The molecule has 3 aromatic rings. The molecule has 1 fully saturated rings. The van der Waals surface area contributed by atoms with Crippen LogP contribution >= 0.6 is 10.2 Å². The van der Waals surface area contributed by atoms with Crippen molar-refractivity contribution in [3.8, 4) is 0 Å². The number of carbonyl (C=O) groups excluding carboxylic acids is 2. The third-order valence-corrected chi connectivity index (χ3v) is 7.57. The second kappa shape index (κ2) is 10.2. The van der Waals surface area contributed by atoms with Crippen LogP contribution in [0.4, 0.5) is 30.9 Å². The monoisotopic (exact) mass is 625 g/mol. The molecule has 1 aliphatic rings. The summed E-state index contributed by atoms with van der Waals surface area (Å²) in [5, 5.41) is 7.32. The number of rotatable bonds is 6. The number of pyridine rings is 1. The van der Waals surface area contributed by atoms with Crippen molar-refractivity contribution >= 4 is 44.4 Å². The Labute approximate surface area is 231 Å². The Bertz CT molecular complexity index is 1380. The number of nitrogen functional groups attached to an aromatic ring is 1. The first-order valence-electron chi connectivity index (χ1n) is 11.8. The molecule has 1 radical (unpaired) electrons. The van der Waals surface area contributed by atoms with Gasteiger partial charge < -0.3 is 20.7 Å². The van der Waals surface area contributed by atoms with Gasteiger partial charge in [0.1, 0.15) is 16.2 Å². The predicted molar refractivity (Wildman–Crippen MR) is 133 cm³/mol. The fraction of sp³-hybridized carbons (Fsp3) is 0.391. The van der Waals surface area contributed by atoms with Crippen molar-refractivity contribution in [2.24, 2.45) is 0 Å². The molecule has 0 spiro atoms. The van der Waals surface area contributed by atoms with Crippen LogP contribution in [0.3, 0.4) is 0 Å². The Morgan fingerprint density at radius 2 is 1.85 bits per heavy atom. The minimum Gasteiger partial charge on any atom is -0.383 e. The number of fused-ring (bicyclic) bond motifs is 1. The van der Waals surface area contributed by atoms with E-state index in [0.717, 1.165) is 29.9 Å². The smallest absolute Gasteiger partial charge is 0.314 e. The van der Waals surface area contributed by atoms with Crippen LogP contribution in [0.15, 0.2) is 41.6 Å². The van der Waals surface area contributed by atoms with Crippen molar-refractivity contribution in [1.29, 1.82) is 0 Å². The van der Waals surface area contributed by atoms with Gasteiger partial charge in [0.15, 0.2) is 6.23 Å². The van der Waals surface area contributed by atoms with Crippen molar-refractivity contribution in [3.05, 3.63) is 42.2 Å². The average Bonchev–Trinajstić information content (AvgIpc) is 3.32. The normalized spacial score (nSPS) is 18.4. The summed E-state index contributed by atoms with van der Waals surface area (Å²) < 4.78 is 72.7. The van der Waals surface area contributed by atoms with Crippen molar-refractivity contribution in [3.63, 3.8) is 0 Å². The molecule has 2 amide bonds. The van der Waals surface area contributed by atoms with Crippen molar-refractivity contribution in [2.45, 2.75) is 50.3 Å². The summed E-state index contributed by atoms with van der Waals surface area (Å²) >= 11 is 0. The number of nitrogens with zero attached hydrogens (tertiary/aromatic N) is 4. The number of anilines is 2. The number of benzene rings is 1. The van der Waals surface area contributed by atoms with Crippen LogP contribution in [0, 0.1) is 0 Å². The zero-order valence-electron chi connectivity index (χ0n) is 20.8. The number of likely N-dealkylation sites (N-methyl/N-ethyl adjacent to an activating group) is 1. The average molecular weight is 626 g/mol. The largest absolute Gasteiger partial charge is 0.383 e. The number of hydrogen-bond donors (Lipinski definition) is 2. The van der Waals surface area contributed by atoms with Crippen molar-refractivity contribution < 1.29 is 50.8 Å². The summed E-state index contributed by atoms with van der Waals surface area (Å²) in [7, 11) is -9.84. The second-order valence-electron chi connectivity index (χ2n) is 8.99. The van der Waals surface area contributed by atoms with Crippen LogP contribution in [0.5, 0.6) is 0 Å². The summed E-state index contributed by atoms with van der Waals surface area (Å²) in [5.41, 5.74) is 6.71. The number of nitrogens with one attached hydrogen (secondary N) is 1. The molecule has 1 aromatic carbocycles. The van der Waals surface area contributed by atoms with E-state index >= 15 is 0 Å². The van der Waals surface area contributed by atoms with E-state index < -0.39 is 39.2 Å². The molecule has 2 unspecified atom stereocenters. The van der Waals surface area contributed by atoms with Crippen LogP contribution in [-0.4, -0.2) is 44.6 Å². The Kier molecular flexibility index (Phi) is 8.02. The van der Waals surface area contributed by atoms with E-state index in [1.165, 1.54) is 19.3 Å². The summed E-state index contributed by atoms with van der Waals surface area (Å²) in [6, 6.07) is 1.38. The molecule has 0 bridgehead atoms. The fourth-order valence-electron chi connectivity index (χ4n) is 4.39. The van der Waals surface area contributed by atoms with E-state index in [-0.39, 0.29) is 52.8 Å². The number of amides is 2. The topological polar surface area (TPSA) is 115 Å². The van der Waals surface area contributed by atoms with Gasteiger partial charge in [-0.1, -0.05) is 31.6 Å². The standard InChI is InChI=1S/C23H27F5N6O3S.Cu/c1-3-33(14(2)15-7-9-16(10-8-15)38(24,25,26,27)28)23(36)22(35)32-18-13-30-21(29)17-12-31-34(20(17)18)19-6-4-5-11-37-19;/h7-10,12-14,19H,3-6,11H2,1-2H3,(H2,29,30)(H,32,35);. The molecule has 2 atom stereocenters. The third-order valence-electron chi connectivity index (χ3n) is 6.41. The Morgan fingerprint density at radius 3 is 2.41 bits per heavy atom. The molecule has 9 nitrogen and oxygen atoms in total. The van der Waals surface area contributed by atoms with Gasteiger partial charge in [0, 0.05) is 30.2 Å². The van der Waals surface area contributed by atoms with Gasteiger partial charge in [0.05, 0.1) is 29.5 Å². The van der Waals surface area contributed by atoms with E-state index in [4.69, 9.17) is 10.5 Å². The number of hydrogen-bond acceptors (Lipinski definition) is 6. The molecule has 1 saturated heterocycles. The van der Waals surface area contributed by atoms with E-state index in [1.54, 1.807) is 11.6 Å². The minimum absolute atomic E-state index is 0. The summed E-state index contributed by atoms with van der Waals surface area (Å²) in [6.45, 7) is 3.60.